The lowest BCUT2D eigenvalue weighted by molar-refractivity contribution is 0.102. The Morgan fingerprint density at radius 1 is 0.867 bits per heavy atom. The first-order valence-electron chi connectivity index (χ1n) is 8.79. The molecule has 0 atom stereocenters. The number of anilines is 3. The van der Waals surface area contributed by atoms with Crippen molar-refractivity contribution in [3.63, 3.8) is 0 Å². The van der Waals surface area contributed by atoms with Crippen LogP contribution >= 0.6 is 27.5 Å². The van der Waals surface area contributed by atoms with Crippen LogP contribution in [0, 0.1) is 0 Å². The van der Waals surface area contributed by atoms with Crippen LogP contribution in [-0.4, -0.2) is 16.1 Å². The number of aromatic amines is 2. The van der Waals surface area contributed by atoms with Gasteiger partial charge in [-0.05, 0) is 48.5 Å². The number of nitrogens with one attached hydrogen (secondary N) is 4. The molecule has 4 rings (SSSR count). The summed E-state index contributed by atoms with van der Waals surface area (Å²) in [5.41, 5.74) is 1.33. The van der Waals surface area contributed by atoms with E-state index in [-0.39, 0.29) is 21.7 Å². The van der Waals surface area contributed by atoms with Crippen molar-refractivity contribution in [2.45, 2.75) is 0 Å². The molecule has 0 saturated carbocycles. The molecule has 1 amide bonds. The first-order valence-corrected chi connectivity index (χ1v) is 9.96. The van der Waals surface area contributed by atoms with E-state index in [4.69, 9.17) is 11.6 Å². The second-order valence-electron chi connectivity index (χ2n) is 6.46. The van der Waals surface area contributed by atoms with Gasteiger partial charge in [-0.25, -0.2) is 0 Å². The van der Waals surface area contributed by atoms with Crippen molar-refractivity contribution in [3.8, 4) is 0 Å². The lowest BCUT2D eigenvalue weighted by Gasteiger charge is -2.12. The molecule has 4 aromatic rings. The Labute approximate surface area is 183 Å². The van der Waals surface area contributed by atoms with Crippen LogP contribution in [0.5, 0.6) is 0 Å². The molecule has 30 heavy (non-hydrogen) atoms. The normalized spacial score (nSPS) is 10.7. The van der Waals surface area contributed by atoms with Crippen molar-refractivity contribution in [1.29, 1.82) is 0 Å². The van der Waals surface area contributed by atoms with Gasteiger partial charge < -0.3 is 10.6 Å². The van der Waals surface area contributed by atoms with Crippen LogP contribution < -0.4 is 21.8 Å². The summed E-state index contributed by atoms with van der Waals surface area (Å²) in [6, 6.07) is 17.1. The minimum Gasteiger partial charge on any atom is -0.354 e. The highest BCUT2D eigenvalue weighted by molar-refractivity contribution is 9.10. The molecule has 0 bridgehead atoms. The predicted molar refractivity (Wildman–Crippen MR) is 122 cm³/mol. The van der Waals surface area contributed by atoms with E-state index in [1.807, 2.05) is 6.07 Å². The SMILES string of the molecule is O=C(Nc1cccc(Nc2cc3c(=O)[nH][nH]c(=O)c3cc2Cl)c1)c1cccc(Br)c1. The predicted octanol–water partition coefficient (Wildman–Crippen LogP) is 4.63. The number of hydrogen-bond donors (Lipinski definition) is 4. The fourth-order valence-corrected chi connectivity index (χ4v) is 3.57. The Bertz CT molecular complexity index is 1400. The van der Waals surface area contributed by atoms with E-state index in [2.05, 4.69) is 36.8 Å². The number of H-pyrrole nitrogens is 2. The van der Waals surface area contributed by atoms with E-state index in [9.17, 15) is 14.4 Å². The number of carbonyl (C=O) groups is 1. The Morgan fingerprint density at radius 2 is 1.53 bits per heavy atom. The fourth-order valence-electron chi connectivity index (χ4n) is 2.96. The van der Waals surface area contributed by atoms with Gasteiger partial charge in [0.05, 0.1) is 21.5 Å². The Morgan fingerprint density at radius 3 is 2.27 bits per heavy atom. The molecule has 0 aliphatic carbocycles. The van der Waals surface area contributed by atoms with Crippen molar-refractivity contribution >= 4 is 61.3 Å². The van der Waals surface area contributed by atoms with Gasteiger partial charge in [0.15, 0.2) is 0 Å². The quantitative estimate of drug-likeness (QED) is 0.338. The van der Waals surface area contributed by atoms with Crippen molar-refractivity contribution in [1.82, 2.24) is 10.2 Å². The molecule has 7 nitrogen and oxygen atoms in total. The maximum absolute atomic E-state index is 12.5. The summed E-state index contributed by atoms with van der Waals surface area (Å²) in [4.78, 5) is 36.4. The van der Waals surface area contributed by atoms with Crippen LogP contribution in [0.1, 0.15) is 10.4 Å². The van der Waals surface area contributed by atoms with Crippen LogP contribution in [0.2, 0.25) is 5.02 Å². The summed E-state index contributed by atoms with van der Waals surface area (Å²) in [5.74, 6) is -0.247. The monoisotopic (exact) mass is 484 g/mol. The molecule has 150 valence electrons. The molecule has 3 aromatic carbocycles. The summed E-state index contributed by atoms with van der Waals surface area (Å²) < 4.78 is 0.810. The van der Waals surface area contributed by atoms with Crippen molar-refractivity contribution in [3.05, 3.63) is 96.4 Å². The summed E-state index contributed by atoms with van der Waals surface area (Å²) in [5, 5.41) is 11.2. The van der Waals surface area contributed by atoms with E-state index in [1.54, 1.807) is 42.5 Å². The average molecular weight is 486 g/mol. The number of rotatable bonds is 4. The van der Waals surface area contributed by atoms with Gasteiger partial charge in [-0.15, -0.1) is 0 Å². The zero-order valence-corrected chi connectivity index (χ0v) is 17.6. The smallest absolute Gasteiger partial charge is 0.270 e. The van der Waals surface area contributed by atoms with Crippen LogP contribution in [0.4, 0.5) is 17.1 Å². The van der Waals surface area contributed by atoms with Gasteiger partial charge in [-0.1, -0.05) is 39.7 Å². The summed E-state index contributed by atoms with van der Waals surface area (Å²) in [6.07, 6.45) is 0. The highest BCUT2D eigenvalue weighted by Crippen LogP contribution is 2.29. The summed E-state index contributed by atoms with van der Waals surface area (Å²) >= 11 is 9.64. The van der Waals surface area contributed by atoms with Gasteiger partial charge in [0.25, 0.3) is 17.0 Å². The number of carbonyl (C=O) groups excluding carboxylic acids is 1. The maximum Gasteiger partial charge on any atom is 0.270 e. The number of fused-ring (bicyclic) bond motifs is 1. The van der Waals surface area contributed by atoms with Gasteiger partial charge >= 0.3 is 0 Å². The van der Waals surface area contributed by atoms with Gasteiger partial charge in [0, 0.05) is 21.4 Å². The fraction of sp³-hybridized carbons (Fsp3) is 0. The topological polar surface area (TPSA) is 107 Å². The number of amides is 1. The lowest BCUT2D eigenvalue weighted by Crippen LogP contribution is -2.19. The average Bonchev–Trinajstić information content (AvgIpc) is 2.72. The molecule has 0 saturated heterocycles. The number of halogens is 2. The third kappa shape index (κ3) is 4.14. The van der Waals surface area contributed by atoms with Gasteiger partial charge in [-0.3, -0.25) is 24.6 Å². The number of hydrogen-bond acceptors (Lipinski definition) is 4. The lowest BCUT2D eigenvalue weighted by atomic mass is 10.1. The van der Waals surface area contributed by atoms with Crippen LogP contribution in [0.15, 0.2) is 74.7 Å². The minimum absolute atomic E-state index is 0.198. The van der Waals surface area contributed by atoms with Gasteiger partial charge in [0.1, 0.15) is 0 Å². The van der Waals surface area contributed by atoms with E-state index in [1.165, 1.54) is 12.1 Å². The van der Waals surface area contributed by atoms with Crippen LogP contribution in [0.3, 0.4) is 0 Å². The molecule has 0 spiro atoms. The number of aromatic nitrogens is 2. The second kappa shape index (κ2) is 8.17. The van der Waals surface area contributed by atoms with Crippen molar-refractivity contribution in [2.75, 3.05) is 10.6 Å². The first kappa shape index (κ1) is 19.9. The molecule has 0 aliphatic heterocycles. The Kier molecular flexibility index (Phi) is 5.43. The summed E-state index contributed by atoms with van der Waals surface area (Å²) in [6.45, 7) is 0. The Hall–Kier alpha value is -3.36. The van der Waals surface area contributed by atoms with Gasteiger partial charge in [0.2, 0.25) is 0 Å². The molecule has 0 unspecified atom stereocenters. The third-order valence-corrected chi connectivity index (χ3v) is 5.18. The van der Waals surface area contributed by atoms with Crippen molar-refractivity contribution < 1.29 is 4.79 Å². The Balaban J connectivity index is 1.61. The molecule has 1 aromatic heterocycles. The zero-order valence-electron chi connectivity index (χ0n) is 15.3. The molecule has 0 fully saturated rings. The largest absolute Gasteiger partial charge is 0.354 e. The molecule has 1 heterocycles. The van der Waals surface area contributed by atoms with E-state index >= 15 is 0 Å². The second-order valence-corrected chi connectivity index (χ2v) is 7.78. The molecular weight excluding hydrogens is 472 g/mol. The zero-order chi connectivity index (χ0) is 21.3. The number of benzene rings is 3. The van der Waals surface area contributed by atoms with Crippen LogP contribution in [-0.2, 0) is 0 Å². The highest BCUT2D eigenvalue weighted by Gasteiger charge is 2.10. The van der Waals surface area contributed by atoms with Crippen LogP contribution in [0.25, 0.3) is 10.8 Å². The molecule has 4 N–H and O–H groups in total. The molecule has 9 heteroatoms. The highest BCUT2D eigenvalue weighted by atomic mass is 79.9. The first-order chi connectivity index (χ1) is 14.4. The van der Waals surface area contributed by atoms with E-state index in [0.29, 0.717) is 22.6 Å². The minimum atomic E-state index is -0.435. The standard InChI is InChI=1S/C21H14BrClN4O3/c22-12-4-1-3-11(7-12)19(28)25-14-6-2-5-13(8-14)24-18-10-16-15(9-17(18)23)20(29)26-27-21(16)30/h1-10,24H,(H,25,28)(H,26,29)(H,27,30). The molecule has 0 aliphatic rings. The maximum atomic E-state index is 12.5. The van der Waals surface area contributed by atoms with Crippen molar-refractivity contribution in [2.24, 2.45) is 0 Å². The third-order valence-electron chi connectivity index (χ3n) is 4.37. The van der Waals surface area contributed by atoms with E-state index in [0.717, 1.165) is 4.47 Å². The summed E-state index contributed by atoms with van der Waals surface area (Å²) in [7, 11) is 0. The van der Waals surface area contributed by atoms with Gasteiger partial charge in [-0.2, -0.15) is 0 Å². The van der Waals surface area contributed by atoms with E-state index < -0.39 is 11.1 Å². The molecule has 0 radical (unpaired) electrons. The molecular formula is C21H14BrClN4O3.